The molecule has 3 rings (SSSR count). The minimum atomic E-state index is -4.10. The van der Waals surface area contributed by atoms with E-state index in [9.17, 15) is 18.0 Å². The Morgan fingerprint density at radius 3 is 2.15 bits per heavy atom. The second kappa shape index (κ2) is 13.3. The molecule has 0 spiro atoms. The lowest BCUT2D eigenvalue weighted by Gasteiger charge is -2.32. The summed E-state index contributed by atoms with van der Waals surface area (Å²) in [7, 11) is -4.10. The summed E-state index contributed by atoms with van der Waals surface area (Å²) in [6.07, 6.45) is 0.758. The molecule has 0 heterocycles. The molecule has 1 atom stereocenters. The number of rotatable bonds is 11. The maximum Gasteiger partial charge on any atom is 0.264 e. The van der Waals surface area contributed by atoms with Gasteiger partial charge in [0.05, 0.1) is 10.6 Å². The molecule has 39 heavy (non-hydrogen) atoms. The highest BCUT2D eigenvalue weighted by molar-refractivity contribution is 9.10. The van der Waals surface area contributed by atoms with Gasteiger partial charge < -0.3 is 10.2 Å². The van der Waals surface area contributed by atoms with Gasteiger partial charge >= 0.3 is 0 Å². The Bertz CT molecular complexity index is 1410. The standard InChI is InChI=1S/C30H36BrN3O4S/c1-6-17-32-30(36)24(5)33(19-25-11-13-26(31)14-12-25)29(35)20-34(28-18-22(3)7-10-23(28)4)39(37,38)27-15-8-21(2)9-16-27/h7-16,18,24H,6,17,19-20H2,1-5H3,(H,32,36). The Morgan fingerprint density at radius 1 is 0.923 bits per heavy atom. The van der Waals surface area contributed by atoms with E-state index in [1.54, 1.807) is 37.3 Å². The molecule has 0 saturated heterocycles. The molecule has 208 valence electrons. The van der Waals surface area contributed by atoms with E-state index in [-0.39, 0.29) is 17.3 Å². The van der Waals surface area contributed by atoms with Gasteiger partial charge in [0.1, 0.15) is 12.6 Å². The SMILES string of the molecule is CCCNC(=O)C(C)N(Cc1ccc(Br)cc1)C(=O)CN(c1cc(C)ccc1C)S(=O)(=O)c1ccc(C)cc1. The average molecular weight is 615 g/mol. The molecule has 0 aliphatic carbocycles. The molecule has 0 aliphatic heterocycles. The van der Waals surface area contributed by atoms with Crippen LogP contribution in [0.4, 0.5) is 5.69 Å². The smallest absolute Gasteiger partial charge is 0.264 e. The maximum atomic E-state index is 14.0. The fourth-order valence-electron chi connectivity index (χ4n) is 4.10. The van der Waals surface area contributed by atoms with E-state index in [4.69, 9.17) is 0 Å². The van der Waals surface area contributed by atoms with E-state index < -0.39 is 28.5 Å². The number of amides is 2. The summed E-state index contributed by atoms with van der Waals surface area (Å²) in [5.41, 5.74) is 3.76. The van der Waals surface area contributed by atoms with Crippen molar-refractivity contribution in [2.75, 3.05) is 17.4 Å². The summed E-state index contributed by atoms with van der Waals surface area (Å²) in [5, 5.41) is 2.85. The van der Waals surface area contributed by atoms with E-state index in [0.29, 0.717) is 12.2 Å². The van der Waals surface area contributed by atoms with Crippen LogP contribution >= 0.6 is 15.9 Å². The van der Waals surface area contributed by atoms with Crippen molar-refractivity contribution in [1.82, 2.24) is 10.2 Å². The van der Waals surface area contributed by atoms with Crippen molar-refractivity contribution >= 4 is 43.5 Å². The Morgan fingerprint density at radius 2 is 1.54 bits per heavy atom. The molecular formula is C30H36BrN3O4S. The van der Waals surface area contributed by atoms with E-state index in [1.807, 2.05) is 64.1 Å². The summed E-state index contributed by atoms with van der Waals surface area (Å²) in [5.74, 6) is -0.768. The van der Waals surface area contributed by atoms with Gasteiger partial charge in [-0.3, -0.25) is 13.9 Å². The van der Waals surface area contributed by atoms with Gasteiger partial charge in [-0.25, -0.2) is 8.42 Å². The van der Waals surface area contributed by atoms with Crippen LogP contribution in [-0.2, 0) is 26.2 Å². The van der Waals surface area contributed by atoms with Gasteiger partial charge in [0.2, 0.25) is 11.8 Å². The molecule has 0 radical (unpaired) electrons. The number of anilines is 1. The normalized spacial score (nSPS) is 12.1. The first-order valence-corrected chi connectivity index (χ1v) is 15.2. The summed E-state index contributed by atoms with van der Waals surface area (Å²) < 4.78 is 30.0. The molecule has 1 unspecified atom stereocenters. The number of nitrogens with zero attached hydrogens (tertiary/aromatic N) is 2. The summed E-state index contributed by atoms with van der Waals surface area (Å²) in [6.45, 7) is 9.37. The zero-order valence-electron chi connectivity index (χ0n) is 23.1. The van der Waals surface area contributed by atoms with Gasteiger partial charge in [-0.05, 0) is 81.1 Å². The second-order valence-electron chi connectivity index (χ2n) is 9.73. The Kier molecular flexibility index (Phi) is 10.3. The Balaban J connectivity index is 2.05. The highest BCUT2D eigenvalue weighted by Crippen LogP contribution is 2.29. The number of sulfonamides is 1. The average Bonchev–Trinajstić information content (AvgIpc) is 2.91. The summed E-state index contributed by atoms with van der Waals surface area (Å²) in [4.78, 5) is 28.5. The predicted molar refractivity (Wildman–Crippen MR) is 159 cm³/mol. The number of carbonyl (C=O) groups excluding carboxylic acids is 2. The number of benzene rings is 3. The third-order valence-electron chi connectivity index (χ3n) is 6.50. The fourth-order valence-corrected chi connectivity index (χ4v) is 5.84. The minimum Gasteiger partial charge on any atom is -0.354 e. The van der Waals surface area contributed by atoms with Gasteiger partial charge in [-0.2, -0.15) is 0 Å². The quantitative estimate of drug-likeness (QED) is 0.309. The highest BCUT2D eigenvalue weighted by Gasteiger charge is 2.33. The molecule has 2 amide bonds. The number of nitrogens with one attached hydrogen (secondary N) is 1. The van der Waals surface area contributed by atoms with E-state index in [1.165, 1.54) is 4.90 Å². The monoisotopic (exact) mass is 613 g/mol. The van der Waals surface area contributed by atoms with Crippen LogP contribution in [0.3, 0.4) is 0 Å². The van der Waals surface area contributed by atoms with E-state index >= 15 is 0 Å². The predicted octanol–water partition coefficient (Wildman–Crippen LogP) is 5.51. The van der Waals surface area contributed by atoms with E-state index in [2.05, 4.69) is 21.2 Å². The molecule has 7 nitrogen and oxygen atoms in total. The van der Waals surface area contributed by atoms with Crippen LogP contribution in [0.2, 0.25) is 0 Å². The van der Waals surface area contributed by atoms with Crippen molar-refractivity contribution in [3.63, 3.8) is 0 Å². The first-order valence-electron chi connectivity index (χ1n) is 12.9. The number of carbonyl (C=O) groups is 2. The van der Waals surface area contributed by atoms with Gasteiger partial charge in [-0.1, -0.05) is 64.8 Å². The topological polar surface area (TPSA) is 86.8 Å². The van der Waals surface area contributed by atoms with Crippen molar-refractivity contribution in [1.29, 1.82) is 0 Å². The lowest BCUT2D eigenvalue weighted by molar-refractivity contribution is -0.139. The van der Waals surface area contributed by atoms with Gasteiger partial charge in [0.15, 0.2) is 0 Å². The van der Waals surface area contributed by atoms with Crippen LogP contribution < -0.4 is 9.62 Å². The van der Waals surface area contributed by atoms with Crippen LogP contribution in [0.5, 0.6) is 0 Å². The summed E-state index contributed by atoms with van der Waals surface area (Å²) in [6, 6.07) is 18.7. The number of hydrogen-bond donors (Lipinski definition) is 1. The van der Waals surface area contributed by atoms with E-state index in [0.717, 1.165) is 37.5 Å². The molecular weight excluding hydrogens is 578 g/mol. The number of hydrogen-bond acceptors (Lipinski definition) is 4. The van der Waals surface area contributed by atoms with Gasteiger partial charge in [0.25, 0.3) is 10.0 Å². The Labute approximate surface area is 240 Å². The van der Waals surface area contributed by atoms with Crippen LogP contribution in [-0.4, -0.2) is 44.3 Å². The molecule has 3 aromatic rings. The van der Waals surface area contributed by atoms with Crippen molar-refractivity contribution in [3.05, 3.63) is 93.5 Å². The van der Waals surface area contributed by atoms with Crippen molar-refractivity contribution in [2.45, 2.75) is 58.5 Å². The zero-order chi connectivity index (χ0) is 28.7. The van der Waals surface area contributed by atoms with Crippen molar-refractivity contribution < 1.29 is 18.0 Å². The first-order chi connectivity index (χ1) is 18.4. The maximum absolute atomic E-state index is 14.0. The fraction of sp³-hybridized carbons (Fsp3) is 0.333. The highest BCUT2D eigenvalue weighted by atomic mass is 79.9. The van der Waals surface area contributed by atoms with Crippen molar-refractivity contribution in [2.24, 2.45) is 0 Å². The molecule has 0 bridgehead atoms. The minimum absolute atomic E-state index is 0.0926. The second-order valence-corrected chi connectivity index (χ2v) is 12.5. The number of halogens is 1. The molecule has 0 saturated carbocycles. The van der Waals surface area contributed by atoms with Crippen LogP contribution in [0.25, 0.3) is 0 Å². The van der Waals surface area contributed by atoms with Crippen LogP contribution in [0.1, 0.15) is 42.5 Å². The van der Waals surface area contributed by atoms with Gasteiger partial charge in [0, 0.05) is 17.6 Å². The molecule has 3 aromatic carbocycles. The molecule has 0 aliphatic rings. The van der Waals surface area contributed by atoms with Gasteiger partial charge in [-0.15, -0.1) is 0 Å². The summed E-state index contributed by atoms with van der Waals surface area (Å²) >= 11 is 3.42. The first kappa shape index (κ1) is 30.4. The number of aryl methyl sites for hydroxylation is 3. The van der Waals surface area contributed by atoms with Crippen molar-refractivity contribution in [3.8, 4) is 0 Å². The third kappa shape index (κ3) is 7.70. The van der Waals surface area contributed by atoms with Crippen LogP contribution in [0.15, 0.2) is 76.1 Å². The van der Waals surface area contributed by atoms with Crippen LogP contribution in [0, 0.1) is 20.8 Å². The lowest BCUT2D eigenvalue weighted by Crippen LogP contribution is -2.51. The molecule has 1 N–H and O–H groups in total. The molecule has 9 heteroatoms. The molecule has 0 fully saturated rings. The largest absolute Gasteiger partial charge is 0.354 e. The zero-order valence-corrected chi connectivity index (χ0v) is 25.5. The Hall–Kier alpha value is -3.17. The molecule has 0 aromatic heterocycles. The lowest BCUT2D eigenvalue weighted by atomic mass is 10.1. The third-order valence-corrected chi connectivity index (χ3v) is 8.81.